The van der Waals surface area contributed by atoms with Crippen LogP contribution in [-0.4, -0.2) is 38.3 Å². The van der Waals surface area contributed by atoms with Gasteiger partial charge in [0.25, 0.3) is 0 Å². The molecular weight excluding hydrogens is 350 g/mol. The first-order valence-corrected chi connectivity index (χ1v) is 8.42. The van der Waals surface area contributed by atoms with Gasteiger partial charge in [0.2, 0.25) is 5.91 Å². The summed E-state index contributed by atoms with van der Waals surface area (Å²) >= 11 is 0. The summed E-state index contributed by atoms with van der Waals surface area (Å²) in [6.07, 6.45) is 0.661. The van der Waals surface area contributed by atoms with Crippen LogP contribution in [0.25, 0.3) is 0 Å². The van der Waals surface area contributed by atoms with E-state index in [9.17, 15) is 14.7 Å². The van der Waals surface area contributed by atoms with Gasteiger partial charge in [-0.1, -0.05) is 0 Å². The molecule has 1 amide bonds. The fourth-order valence-electron chi connectivity index (χ4n) is 3.12. The molecule has 2 atom stereocenters. The Labute approximate surface area is 156 Å². The van der Waals surface area contributed by atoms with Crippen LogP contribution in [0.3, 0.4) is 0 Å². The number of aromatic carboxylic acids is 1. The molecule has 1 saturated carbocycles. The Morgan fingerprint density at radius 3 is 2.30 bits per heavy atom. The minimum Gasteiger partial charge on any atom is -0.497 e. The zero-order valence-corrected chi connectivity index (χ0v) is 15.3. The number of rotatable bonds is 7. The molecule has 1 fully saturated rings. The van der Waals surface area contributed by atoms with Crippen LogP contribution in [0.15, 0.2) is 36.4 Å². The zero-order valence-electron chi connectivity index (χ0n) is 15.3. The van der Waals surface area contributed by atoms with Crippen molar-refractivity contribution in [3.8, 4) is 17.2 Å². The van der Waals surface area contributed by atoms with E-state index in [4.69, 9.17) is 14.2 Å². The molecule has 0 bridgehead atoms. The average Bonchev–Trinajstić information content (AvgIpc) is 3.48. The molecule has 3 rings (SSSR count). The van der Waals surface area contributed by atoms with Crippen molar-refractivity contribution >= 4 is 17.6 Å². The third-order valence-electron chi connectivity index (χ3n) is 4.68. The maximum Gasteiger partial charge on any atom is 0.337 e. The average molecular weight is 371 g/mol. The molecular formula is C20H21NO6. The van der Waals surface area contributed by atoms with Crippen LogP contribution >= 0.6 is 0 Å². The van der Waals surface area contributed by atoms with E-state index < -0.39 is 5.97 Å². The molecule has 0 heterocycles. The lowest BCUT2D eigenvalue weighted by atomic mass is 10.1. The summed E-state index contributed by atoms with van der Waals surface area (Å²) in [5, 5.41) is 12.1. The fourth-order valence-corrected chi connectivity index (χ4v) is 3.12. The quantitative estimate of drug-likeness (QED) is 0.776. The van der Waals surface area contributed by atoms with Crippen molar-refractivity contribution in [2.75, 3.05) is 26.6 Å². The Morgan fingerprint density at radius 2 is 1.67 bits per heavy atom. The molecule has 1 aliphatic carbocycles. The number of hydrogen-bond donors (Lipinski definition) is 2. The van der Waals surface area contributed by atoms with E-state index in [2.05, 4.69) is 5.32 Å². The van der Waals surface area contributed by atoms with Crippen LogP contribution in [0.5, 0.6) is 17.2 Å². The van der Waals surface area contributed by atoms with E-state index in [-0.39, 0.29) is 29.0 Å². The summed E-state index contributed by atoms with van der Waals surface area (Å²) in [6, 6.07) is 10.0. The van der Waals surface area contributed by atoms with Crippen LogP contribution in [-0.2, 0) is 4.79 Å². The summed E-state index contributed by atoms with van der Waals surface area (Å²) in [6.45, 7) is 0. The predicted molar refractivity (Wildman–Crippen MR) is 99.0 cm³/mol. The molecule has 2 unspecified atom stereocenters. The number of carbonyl (C=O) groups is 2. The summed E-state index contributed by atoms with van der Waals surface area (Å²) in [7, 11) is 4.62. The lowest BCUT2D eigenvalue weighted by Crippen LogP contribution is -2.17. The van der Waals surface area contributed by atoms with E-state index in [1.165, 1.54) is 19.2 Å². The number of amides is 1. The highest BCUT2D eigenvalue weighted by Gasteiger charge is 2.45. The minimum atomic E-state index is -1.13. The summed E-state index contributed by atoms with van der Waals surface area (Å²) in [5.41, 5.74) is 1.14. The Hall–Kier alpha value is -3.22. The number of nitrogens with one attached hydrogen (secondary N) is 1. The molecule has 2 aromatic rings. The first-order chi connectivity index (χ1) is 13.0. The van der Waals surface area contributed by atoms with E-state index in [0.29, 0.717) is 23.7 Å². The molecule has 0 spiro atoms. The number of carbonyl (C=O) groups excluding carboxylic acids is 1. The molecule has 7 nitrogen and oxygen atoms in total. The molecule has 2 aromatic carbocycles. The highest BCUT2D eigenvalue weighted by Crippen LogP contribution is 2.51. The van der Waals surface area contributed by atoms with E-state index in [0.717, 1.165) is 5.56 Å². The highest BCUT2D eigenvalue weighted by molar-refractivity contribution is 6.02. The Morgan fingerprint density at radius 1 is 1.00 bits per heavy atom. The van der Waals surface area contributed by atoms with Gasteiger partial charge in [-0.25, -0.2) is 4.79 Å². The standard InChI is InChI=1S/C20H21NO6/c1-25-11-4-6-17(16(9-11)20(23)24)21-19(22)15-10-13(15)14-8-12(26-2)5-7-18(14)27-3/h4-9,13,15H,10H2,1-3H3,(H,21,22)(H,23,24). The number of methoxy groups -OCH3 is 3. The zero-order chi connectivity index (χ0) is 19.6. The first-order valence-electron chi connectivity index (χ1n) is 8.42. The van der Waals surface area contributed by atoms with Gasteiger partial charge in [-0.2, -0.15) is 0 Å². The number of carboxylic acid groups (broad SMARTS) is 1. The van der Waals surface area contributed by atoms with Crippen molar-refractivity contribution in [2.24, 2.45) is 5.92 Å². The van der Waals surface area contributed by atoms with E-state index in [1.807, 2.05) is 12.1 Å². The number of anilines is 1. The number of carboxylic acids is 1. The Bertz CT molecular complexity index is 879. The van der Waals surface area contributed by atoms with Gasteiger partial charge in [0.15, 0.2) is 0 Å². The van der Waals surface area contributed by atoms with Crippen molar-refractivity contribution in [3.05, 3.63) is 47.5 Å². The first kappa shape index (κ1) is 18.6. The molecule has 142 valence electrons. The van der Waals surface area contributed by atoms with E-state index in [1.54, 1.807) is 26.4 Å². The van der Waals surface area contributed by atoms with Crippen LogP contribution < -0.4 is 19.5 Å². The van der Waals surface area contributed by atoms with Crippen LogP contribution in [0.1, 0.15) is 28.3 Å². The molecule has 2 N–H and O–H groups in total. The number of benzene rings is 2. The van der Waals surface area contributed by atoms with Gasteiger partial charge in [0, 0.05) is 17.4 Å². The van der Waals surface area contributed by atoms with Gasteiger partial charge < -0.3 is 24.6 Å². The lowest BCUT2D eigenvalue weighted by Gasteiger charge is -2.12. The second-order valence-electron chi connectivity index (χ2n) is 6.26. The van der Waals surface area contributed by atoms with Crippen molar-refractivity contribution in [1.82, 2.24) is 0 Å². The van der Waals surface area contributed by atoms with Gasteiger partial charge >= 0.3 is 5.97 Å². The van der Waals surface area contributed by atoms with Crippen molar-refractivity contribution < 1.29 is 28.9 Å². The maximum absolute atomic E-state index is 12.6. The number of hydrogen-bond acceptors (Lipinski definition) is 5. The Balaban J connectivity index is 1.77. The SMILES string of the molecule is COc1ccc(NC(=O)C2CC2c2cc(OC)ccc2OC)c(C(=O)O)c1. The minimum absolute atomic E-state index is 0.00146. The smallest absolute Gasteiger partial charge is 0.337 e. The van der Waals surface area contributed by atoms with Crippen LogP contribution in [0.2, 0.25) is 0 Å². The van der Waals surface area contributed by atoms with Gasteiger partial charge in [0.05, 0.1) is 32.6 Å². The summed E-state index contributed by atoms with van der Waals surface area (Å²) in [4.78, 5) is 24.1. The van der Waals surface area contributed by atoms with Gasteiger partial charge in [-0.3, -0.25) is 4.79 Å². The molecule has 0 saturated heterocycles. The van der Waals surface area contributed by atoms with Crippen molar-refractivity contribution in [2.45, 2.75) is 12.3 Å². The van der Waals surface area contributed by atoms with E-state index >= 15 is 0 Å². The normalized spacial score (nSPS) is 17.7. The number of ether oxygens (including phenoxy) is 3. The predicted octanol–water partition coefficient (Wildman–Crippen LogP) is 3.15. The van der Waals surface area contributed by atoms with Gasteiger partial charge in [0.1, 0.15) is 17.2 Å². The third-order valence-corrected chi connectivity index (χ3v) is 4.68. The molecule has 0 aromatic heterocycles. The maximum atomic E-state index is 12.6. The molecule has 1 aliphatic rings. The highest BCUT2D eigenvalue weighted by atomic mass is 16.5. The molecule has 7 heteroatoms. The topological polar surface area (TPSA) is 94.1 Å². The fraction of sp³-hybridized carbons (Fsp3) is 0.300. The third kappa shape index (κ3) is 3.81. The lowest BCUT2D eigenvalue weighted by molar-refractivity contribution is -0.117. The second kappa shape index (κ2) is 7.57. The Kier molecular flexibility index (Phi) is 5.21. The van der Waals surface area contributed by atoms with Crippen molar-refractivity contribution in [1.29, 1.82) is 0 Å². The summed E-state index contributed by atoms with van der Waals surface area (Å²) < 4.78 is 15.7. The summed E-state index contributed by atoms with van der Waals surface area (Å²) in [5.74, 6) is 0.197. The van der Waals surface area contributed by atoms with Gasteiger partial charge in [-0.15, -0.1) is 0 Å². The van der Waals surface area contributed by atoms with Gasteiger partial charge in [-0.05, 0) is 42.8 Å². The molecule has 0 aliphatic heterocycles. The molecule has 0 radical (unpaired) electrons. The molecule has 27 heavy (non-hydrogen) atoms. The van der Waals surface area contributed by atoms with Crippen molar-refractivity contribution in [3.63, 3.8) is 0 Å². The van der Waals surface area contributed by atoms with Crippen LogP contribution in [0, 0.1) is 5.92 Å². The largest absolute Gasteiger partial charge is 0.497 e. The second-order valence-corrected chi connectivity index (χ2v) is 6.26. The van der Waals surface area contributed by atoms with Crippen LogP contribution in [0.4, 0.5) is 5.69 Å². The monoisotopic (exact) mass is 371 g/mol.